The second-order valence-corrected chi connectivity index (χ2v) is 5.64. The molecule has 0 spiro atoms. The van der Waals surface area contributed by atoms with Crippen LogP contribution in [0.15, 0.2) is 65.4 Å². The zero-order valence-electron chi connectivity index (χ0n) is 11.8. The third kappa shape index (κ3) is 3.23. The van der Waals surface area contributed by atoms with Crippen LogP contribution >= 0.6 is 11.3 Å². The van der Waals surface area contributed by atoms with Crippen LogP contribution in [0.4, 0.5) is 4.39 Å². The van der Waals surface area contributed by atoms with Gasteiger partial charge in [-0.15, -0.1) is 0 Å². The van der Waals surface area contributed by atoms with E-state index in [0.29, 0.717) is 12.1 Å². The predicted octanol–water partition coefficient (Wildman–Crippen LogP) is 4.48. The highest BCUT2D eigenvalue weighted by Crippen LogP contribution is 2.25. The molecule has 2 nitrogen and oxygen atoms in total. The maximum atomic E-state index is 13.2. The number of benzene rings is 2. The molecule has 0 radical (unpaired) electrons. The van der Waals surface area contributed by atoms with Crippen molar-refractivity contribution in [3.05, 3.63) is 82.3 Å². The Morgan fingerprint density at radius 2 is 1.95 bits per heavy atom. The Balaban J connectivity index is 1.76. The molecule has 0 aliphatic carbocycles. The molecule has 3 rings (SSSR count). The molecular formula is C18H14FNOS. The van der Waals surface area contributed by atoms with E-state index < -0.39 is 5.82 Å². The SMILES string of the molecule is O=C(NCc1ccccc1-c1ccsc1)c1cccc(F)c1. The first-order valence-electron chi connectivity index (χ1n) is 6.88. The highest BCUT2D eigenvalue weighted by molar-refractivity contribution is 7.08. The summed E-state index contributed by atoms with van der Waals surface area (Å²) in [6, 6.07) is 15.7. The third-order valence-corrected chi connectivity index (χ3v) is 4.06. The van der Waals surface area contributed by atoms with E-state index in [9.17, 15) is 9.18 Å². The third-order valence-electron chi connectivity index (χ3n) is 3.38. The van der Waals surface area contributed by atoms with E-state index in [2.05, 4.69) is 16.8 Å². The molecule has 0 bridgehead atoms. The molecule has 0 aliphatic rings. The predicted molar refractivity (Wildman–Crippen MR) is 87.3 cm³/mol. The molecule has 1 aromatic heterocycles. The fourth-order valence-corrected chi connectivity index (χ4v) is 2.94. The lowest BCUT2D eigenvalue weighted by Gasteiger charge is -2.10. The van der Waals surface area contributed by atoms with E-state index in [4.69, 9.17) is 0 Å². The summed E-state index contributed by atoms with van der Waals surface area (Å²) < 4.78 is 13.2. The zero-order valence-corrected chi connectivity index (χ0v) is 12.6. The van der Waals surface area contributed by atoms with Crippen molar-refractivity contribution in [2.24, 2.45) is 0 Å². The molecule has 0 saturated carbocycles. The molecule has 0 saturated heterocycles. The van der Waals surface area contributed by atoms with Crippen molar-refractivity contribution in [2.45, 2.75) is 6.54 Å². The van der Waals surface area contributed by atoms with Crippen molar-refractivity contribution in [3.63, 3.8) is 0 Å². The normalized spacial score (nSPS) is 10.4. The largest absolute Gasteiger partial charge is 0.348 e. The van der Waals surface area contributed by atoms with Gasteiger partial charge in [0.25, 0.3) is 5.91 Å². The van der Waals surface area contributed by atoms with E-state index >= 15 is 0 Å². The quantitative estimate of drug-likeness (QED) is 0.756. The van der Waals surface area contributed by atoms with Gasteiger partial charge in [0.1, 0.15) is 5.82 Å². The molecule has 1 amide bonds. The van der Waals surface area contributed by atoms with E-state index in [1.54, 1.807) is 17.4 Å². The van der Waals surface area contributed by atoms with Crippen molar-refractivity contribution in [1.29, 1.82) is 0 Å². The average Bonchev–Trinajstić information content (AvgIpc) is 3.07. The molecule has 0 aliphatic heterocycles. The highest BCUT2D eigenvalue weighted by Gasteiger charge is 2.09. The smallest absolute Gasteiger partial charge is 0.251 e. The van der Waals surface area contributed by atoms with Gasteiger partial charge in [-0.05, 0) is 51.7 Å². The van der Waals surface area contributed by atoms with Gasteiger partial charge in [-0.25, -0.2) is 4.39 Å². The number of nitrogens with one attached hydrogen (secondary N) is 1. The zero-order chi connectivity index (χ0) is 15.4. The maximum Gasteiger partial charge on any atom is 0.251 e. The van der Waals surface area contributed by atoms with Gasteiger partial charge in [0, 0.05) is 12.1 Å². The van der Waals surface area contributed by atoms with Gasteiger partial charge in [0.2, 0.25) is 0 Å². The standard InChI is InChI=1S/C18H14FNOS/c19-16-6-3-5-13(10-16)18(21)20-11-14-4-1-2-7-17(14)15-8-9-22-12-15/h1-10,12H,11H2,(H,20,21). The van der Waals surface area contributed by atoms with Crippen molar-refractivity contribution >= 4 is 17.2 Å². The number of halogens is 1. The summed E-state index contributed by atoms with van der Waals surface area (Å²) in [6.07, 6.45) is 0. The number of thiophene rings is 1. The highest BCUT2D eigenvalue weighted by atomic mass is 32.1. The lowest BCUT2D eigenvalue weighted by atomic mass is 10.0. The molecule has 3 aromatic rings. The van der Waals surface area contributed by atoms with Crippen LogP contribution in [0, 0.1) is 5.82 Å². The van der Waals surface area contributed by atoms with Crippen LogP contribution in [-0.4, -0.2) is 5.91 Å². The lowest BCUT2D eigenvalue weighted by Crippen LogP contribution is -2.23. The van der Waals surface area contributed by atoms with Crippen LogP contribution in [0.5, 0.6) is 0 Å². The summed E-state index contributed by atoms with van der Waals surface area (Å²) in [6.45, 7) is 0.404. The summed E-state index contributed by atoms with van der Waals surface area (Å²) in [7, 11) is 0. The molecule has 1 heterocycles. The summed E-state index contributed by atoms with van der Waals surface area (Å²) in [4.78, 5) is 12.1. The monoisotopic (exact) mass is 311 g/mol. The molecule has 1 N–H and O–H groups in total. The minimum absolute atomic E-state index is 0.278. The maximum absolute atomic E-state index is 13.2. The average molecular weight is 311 g/mol. The lowest BCUT2D eigenvalue weighted by molar-refractivity contribution is 0.0950. The van der Waals surface area contributed by atoms with Crippen molar-refractivity contribution in [2.75, 3.05) is 0 Å². The molecule has 2 aromatic carbocycles. The summed E-state index contributed by atoms with van der Waals surface area (Å²) in [5.74, 6) is -0.689. The van der Waals surface area contributed by atoms with Crippen LogP contribution in [-0.2, 0) is 6.54 Å². The molecule has 22 heavy (non-hydrogen) atoms. The van der Waals surface area contributed by atoms with Crippen LogP contribution in [0.3, 0.4) is 0 Å². The molecule has 0 fully saturated rings. The van der Waals surface area contributed by atoms with Crippen LogP contribution < -0.4 is 5.32 Å². The number of hydrogen-bond donors (Lipinski definition) is 1. The molecule has 0 atom stereocenters. The molecule has 110 valence electrons. The van der Waals surface area contributed by atoms with Gasteiger partial charge in [-0.3, -0.25) is 4.79 Å². The van der Waals surface area contributed by atoms with Gasteiger partial charge < -0.3 is 5.32 Å². The van der Waals surface area contributed by atoms with Crippen LogP contribution in [0.2, 0.25) is 0 Å². The first kappa shape index (κ1) is 14.5. The van der Waals surface area contributed by atoms with Gasteiger partial charge in [0.05, 0.1) is 0 Å². The molecular weight excluding hydrogens is 297 g/mol. The topological polar surface area (TPSA) is 29.1 Å². The van der Waals surface area contributed by atoms with Crippen molar-refractivity contribution in [3.8, 4) is 11.1 Å². The molecule has 0 unspecified atom stereocenters. The first-order chi connectivity index (χ1) is 10.7. The summed E-state index contributed by atoms with van der Waals surface area (Å²) in [5.41, 5.74) is 3.60. The summed E-state index contributed by atoms with van der Waals surface area (Å²) >= 11 is 1.64. The number of hydrogen-bond acceptors (Lipinski definition) is 2. The fourth-order valence-electron chi connectivity index (χ4n) is 2.28. The Bertz CT molecular complexity index is 783. The van der Waals surface area contributed by atoms with E-state index in [1.807, 2.05) is 29.6 Å². The van der Waals surface area contributed by atoms with Crippen molar-refractivity contribution in [1.82, 2.24) is 5.32 Å². The van der Waals surface area contributed by atoms with E-state index in [1.165, 1.54) is 18.2 Å². The van der Waals surface area contributed by atoms with E-state index in [-0.39, 0.29) is 5.91 Å². The molecule has 4 heteroatoms. The van der Waals surface area contributed by atoms with Crippen LogP contribution in [0.1, 0.15) is 15.9 Å². The number of carbonyl (C=O) groups is 1. The Morgan fingerprint density at radius 3 is 2.73 bits per heavy atom. The Labute approximate surface area is 132 Å². The minimum Gasteiger partial charge on any atom is -0.348 e. The second-order valence-electron chi connectivity index (χ2n) is 4.86. The Hall–Kier alpha value is -2.46. The Morgan fingerprint density at radius 1 is 1.09 bits per heavy atom. The van der Waals surface area contributed by atoms with Gasteiger partial charge in [0.15, 0.2) is 0 Å². The first-order valence-corrected chi connectivity index (χ1v) is 7.82. The number of amides is 1. The van der Waals surface area contributed by atoms with Gasteiger partial charge in [-0.2, -0.15) is 11.3 Å². The van der Waals surface area contributed by atoms with Crippen LogP contribution in [0.25, 0.3) is 11.1 Å². The minimum atomic E-state index is -0.411. The Kier molecular flexibility index (Phi) is 4.30. The van der Waals surface area contributed by atoms with Gasteiger partial charge in [-0.1, -0.05) is 30.3 Å². The van der Waals surface area contributed by atoms with E-state index in [0.717, 1.165) is 16.7 Å². The fraction of sp³-hybridized carbons (Fsp3) is 0.0556. The second kappa shape index (κ2) is 6.54. The van der Waals surface area contributed by atoms with Gasteiger partial charge >= 0.3 is 0 Å². The summed E-state index contributed by atoms with van der Waals surface area (Å²) in [5, 5.41) is 6.94. The number of carbonyl (C=O) groups excluding carboxylic acids is 1. The number of rotatable bonds is 4. The van der Waals surface area contributed by atoms with Crippen molar-refractivity contribution < 1.29 is 9.18 Å².